The Morgan fingerprint density at radius 1 is 1.11 bits per heavy atom. The van der Waals surface area contributed by atoms with Gasteiger partial charge in [-0.3, -0.25) is 14.9 Å². The van der Waals surface area contributed by atoms with Gasteiger partial charge in [-0.05, 0) is 35.4 Å². The summed E-state index contributed by atoms with van der Waals surface area (Å²) >= 11 is 0. The number of rotatable bonds is 7. The molecule has 8 heteroatoms. The lowest BCUT2D eigenvalue weighted by atomic mass is 10.1. The number of carbonyl (C=O) groups excluding carboxylic acids is 1. The van der Waals surface area contributed by atoms with Crippen molar-refractivity contribution >= 4 is 17.8 Å². The quantitative estimate of drug-likeness (QED) is 0.386. The number of amides is 1. The minimum atomic E-state index is -0.524. The zero-order chi connectivity index (χ0) is 19.8. The van der Waals surface area contributed by atoms with Crippen LogP contribution in [0.2, 0.25) is 0 Å². The highest BCUT2D eigenvalue weighted by Gasteiger charge is 2.06. The molecule has 0 radical (unpaired) electrons. The lowest BCUT2D eigenvalue weighted by Gasteiger charge is -2.04. The predicted molar refractivity (Wildman–Crippen MR) is 103 cm³/mol. The van der Waals surface area contributed by atoms with Gasteiger partial charge in [0.05, 0.1) is 17.6 Å². The highest BCUT2D eigenvalue weighted by Crippen LogP contribution is 2.21. The predicted octanol–water partition coefficient (Wildman–Crippen LogP) is 3.47. The molecule has 1 amide bonds. The maximum absolute atomic E-state index is 11.8. The number of carbonyl (C=O) groups is 1. The average Bonchev–Trinajstić information content (AvgIpc) is 2.70. The van der Waals surface area contributed by atoms with Crippen LogP contribution in [0.15, 0.2) is 78.0 Å². The fraction of sp³-hybridized carbons (Fsp3) is 0.0500. The number of nitro groups is 1. The number of hydrogen-bond donors (Lipinski definition) is 1. The van der Waals surface area contributed by atoms with Crippen molar-refractivity contribution < 1.29 is 14.5 Å². The van der Waals surface area contributed by atoms with Crippen molar-refractivity contribution in [3.63, 3.8) is 0 Å². The number of benzene rings is 2. The number of hydrazone groups is 1. The number of nitrogens with one attached hydrogen (secondary N) is 1. The fourth-order valence-electron chi connectivity index (χ4n) is 2.28. The summed E-state index contributed by atoms with van der Waals surface area (Å²) in [5.74, 6) is 0.568. The number of nitrogens with zero attached hydrogens (tertiary/aromatic N) is 3. The van der Waals surface area contributed by atoms with Crippen molar-refractivity contribution in [2.75, 3.05) is 0 Å². The molecule has 1 N–H and O–H groups in total. The molecule has 0 saturated heterocycles. The molecule has 0 aliphatic rings. The van der Waals surface area contributed by atoms with Crippen molar-refractivity contribution in [2.45, 2.75) is 6.42 Å². The summed E-state index contributed by atoms with van der Waals surface area (Å²) in [7, 11) is 0. The first-order valence-electron chi connectivity index (χ1n) is 8.34. The molecular weight excluding hydrogens is 360 g/mol. The summed E-state index contributed by atoms with van der Waals surface area (Å²) in [6.07, 6.45) is 2.92. The van der Waals surface area contributed by atoms with Crippen LogP contribution in [-0.4, -0.2) is 22.0 Å². The van der Waals surface area contributed by atoms with Gasteiger partial charge in [0, 0.05) is 12.1 Å². The van der Waals surface area contributed by atoms with E-state index >= 15 is 0 Å². The van der Waals surface area contributed by atoms with Crippen molar-refractivity contribution in [3.05, 3.63) is 94.2 Å². The second-order valence-electron chi connectivity index (χ2n) is 5.74. The fourth-order valence-corrected chi connectivity index (χ4v) is 2.28. The largest absolute Gasteiger partial charge is 0.439 e. The highest BCUT2D eigenvalue weighted by atomic mass is 16.6. The SMILES string of the molecule is O=C(Cc1ccccc1)NN=Cc1ccc(Oc2ccc([N+](=O)[O-])cn2)cc1. The highest BCUT2D eigenvalue weighted by molar-refractivity contribution is 5.83. The van der Waals surface area contributed by atoms with E-state index in [0.29, 0.717) is 5.75 Å². The molecule has 140 valence electrons. The van der Waals surface area contributed by atoms with Crippen molar-refractivity contribution in [3.8, 4) is 11.6 Å². The van der Waals surface area contributed by atoms with E-state index in [1.54, 1.807) is 24.3 Å². The van der Waals surface area contributed by atoms with Gasteiger partial charge in [0.25, 0.3) is 5.69 Å². The van der Waals surface area contributed by atoms with Gasteiger partial charge in [-0.25, -0.2) is 10.4 Å². The summed E-state index contributed by atoms with van der Waals surface area (Å²) in [5, 5.41) is 14.6. The Kier molecular flexibility index (Phi) is 6.04. The first-order chi connectivity index (χ1) is 13.6. The number of ether oxygens (including phenoxy) is 1. The van der Waals surface area contributed by atoms with Gasteiger partial charge in [0.15, 0.2) is 0 Å². The monoisotopic (exact) mass is 376 g/mol. The van der Waals surface area contributed by atoms with E-state index in [2.05, 4.69) is 15.5 Å². The Bertz CT molecular complexity index is 971. The third-order valence-corrected chi connectivity index (χ3v) is 3.64. The lowest BCUT2D eigenvalue weighted by molar-refractivity contribution is -0.385. The Morgan fingerprint density at radius 2 is 1.86 bits per heavy atom. The molecule has 0 atom stereocenters. The minimum absolute atomic E-state index is 0.103. The molecule has 1 heterocycles. The molecule has 0 aliphatic carbocycles. The molecule has 1 aromatic heterocycles. The van der Waals surface area contributed by atoms with E-state index in [1.807, 2.05) is 30.3 Å². The van der Waals surface area contributed by atoms with Gasteiger partial charge in [0.1, 0.15) is 11.9 Å². The molecule has 0 spiro atoms. The van der Waals surface area contributed by atoms with Gasteiger partial charge in [-0.2, -0.15) is 5.10 Å². The third-order valence-electron chi connectivity index (χ3n) is 3.64. The van der Waals surface area contributed by atoms with Gasteiger partial charge < -0.3 is 4.74 Å². The zero-order valence-electron chi connectivity index (χ0n) is 14.7. The number of pyridine rings is 1. The molecule has 28 heavy (non-hydrogen) atoms. The van der Waals surface area contributed by atoms with Crippen molar-refractivity contribution in [2.24, 2.45) is 5.10 Å². The Hall–Kier alpha value is -4.07. The second kappa shape index (κ2) is 9.04. The molecule has 0 saturated carbocycles. The number of aromatic nitrogens is 1. The van der Waals surface area contributed by atoms with Crippen LogP contribution in [0.5, 0.6) is 11.6 Å². The van der Waals surface area contributed by atoms with Crippen LogP contribution in [0, 0.1) is 10.1 Å². The second-order valence-corrected chi connectivity index (χ2v) is 5.74. The average molecular weight is 376 g/mol. The van der Waals surface area contributed by atoms with Gasteiger partial charge >= 0.3 is 0 Å². The van der Waals surface area contributed by atoms with Crippen LogP contribution in [-0.2, 0) is 11.2 Å². The van der Waals surface area contributed by atoms with Crippen LogP contribution in [0.25, 0.3) is 0 Å². The molecule has 0 aliphatic heterocycles. The van der Waals surface area contributed by atoms with E-state index in [-0.39, 0.29) is 23.9 Å². The molecule has 3 aromatic rings. The topological polar surface area (TPSA) is 107 Å². The maximum atomic E-state index is 11.8. The van der Waals surface area contributed by atoms with Crippen LogP contribution in [0.4, 0.5) is 5.69 Å². The van der Waals surface area contributed by atoms with Crippen molar-refractivity contribution in [1.29, 1.82) is 0 Å². The summed E-state index contributed by atoms with van der Waals surface area (Å²) in [6, 6.07) is 19.1. The van der Waals surface area contributed by atoms with E-state index in [4.69, 9.17) is 4.74 Å². The van der Waals surface area contributed by atoms with Crippen LogP contribution >= 0.6 is 0 Å². The summed E-state index contributed by atoms with van der Waals surface area (Å²) < 4.78 is 5.53. The molecule has 8 nitrogen and oxygen atoms in total. The molecular formula is C20H16N4O4. The van der Waals surface area contributed by atoms with Crippen LogP contribution in [0.3, 0.4) is 0 Å². The van der Waals surface area contributed by atoms with Crippen LogP contribution in [0.1, 0.15) is 11.1 Å². The molecule has 0 unspecified atom stereocenters. The van der Waals surface area contributed by atoms with Crippen LogP contribution < -0.4 is 10.2 Å². The third kappa shape index (κ3) is 5.46. The van der Waals surface area contributed by atoms with E-state index in [0.717, 1.165) is 17.3 Å². The lowest BCUT2D eigenvalue weighted by Crippen LogP contribution is -2.19. The Balaban J connectivity index is 1.51. The van der Waals surface area contributed by atoms with E-state index in [9.17, 15) is 14.9 Å². The van der Waals surface area contributed by atoms with Gasteiger partial charge in [-0.15, -0.1) is 0 Å². The molecule has 0 bridgehead atoms. The first-order valence-corrected chi connectivity index (χ1v) is 8.34. The van der Waals surface area contributed by atoms with Gasteiger partial charge in [-0.1, -0.05) is 30.3 Å². The Morgan fingerprint density at radius 3 is 2.50 bits per heavy atom. The van der Waals surface area contributed by atoms with E-state index < -0.39 is 4.92 Å². The summed E-state index contributed by atoms with van der Waals surface area (Å²) in [6.45, 7) is 0. The minimum Gasteiger partial charge on any atom is -0.439 e. The van der Waals surface area contributed by atoms with Gasteiger partial charge in [0.2, 0.25) is 11.8 Å². The smallest absolute Gasteiger partial charge is 0.287 e. The normalized spacial score (nSPS) is 10.6. The molecule has 2 aromatic carbocycles. The molecule has 3 rings (SSSR count). The van der Waals surface area contributed by atoms with Crippen molar-refractivity contribution in [1.82, 2.24) is 10.4 Å². The Labute approximate surface area is 160 Å². The first kappa shape index (κ1) is 18.7. The zero-order valence-corrected chi connectivity index (χ0v) is 14.7. The summed E-state index contributed by atoms with van der Waals surface area (Å²) in [5.41, 5.74) is 4.06. The maximum Gasteiger partial charge on any atom is 0.287 e. The standard InChI is InChI=1S/C20H16N4O4/c25-19(12-15-4-2-1-3-5-15)23-22-13-16-6-9-18(10-7-16)28-20-11-8-17(14-21-20)24(26)27/h1-11,13-14H,12H2,(H,23,25). The van der Waals surface area contributed by atoms with E-state index in [1.165, 1.54) is 18.3 Å². The number of hydrogen-bond acceptors (Lipinski definition) is 6. The molecule has 0 fully saturated rings. The summed E-state index contributed by atoms with van der Waals surface area (Å²) in [4.78, 5) is 25.8.